The standard InChI is InChI=1S/C17H12F4N4OS/c1-9-5-6-12(23-11-4-2-3-10(18)7-11)14(22-9)15(26)25-16-24-13(8-27-16)17(19,20)21/h2-8,23H,1H3,(H,24,25,26). The summed E-state index contributed by atoms with van der Waals surface area (Å²) < 4.78 is 51.2. The van der Waals surface area contributed by atoms with Gasteiger partial charge in [-0.3, -0.25) is 10.1 Å². The molecule has 2 aromatic heterocycles. The normalized spacial score (nSPS) is 11.3. The number of hydrogen-bond acceptors (Lipinski definition) is 5. The fraction of sp³-hybridized carbons (Fsp3) is 0.118. The van der Waals surface area contributed by atoms with Gasteiger partial charge in [-0.15, -0.1) is 11.3 Å². The van der Waals surface area contributed by atoms with E-state index in [1.165, 1.54) is 18.2 Å². The minimum Gasteiger partial charge on any atom is -0.354 e. The molecule has 27 heavy (non-hydrogen) atoms. The third kappa shape index (κ3) is 4.59. The number of halogens is 4. The van der Waals surface area contributed by atoms with Gasteiger partial charge in [0.25, 0.3) is 5.91 Å². The van der Waals surface area contributed by atoms with Crippen molar-refractivity contribution >= 4 is 33.8 Å². The Bertz CT molecular complexity index is 987. The lowest BCUT2D eigenvalue weighted by Crippen LogP contribution is -2.16. The quantitative estimate of drug-likeness (QED) is 0.609. The van der Waals surface area contributed by atoms with Crippen LogP contribution < -0.4 is 10.6 Å². The van der Waals surface area contributed by atoms with Crippen molar-refractivity contribution in [3.63, 3.8) is 0 Å². The van der Waals surface area contributed by atoms with Crippen LogP contribution in [0.4, 0.5) is 34.1 Å². The molecule has 0 saturated carbocycles. The first-order valence-electron chi connectivity index (χ1n) is 7.57. The zero-order valence-electron chi connectivity index (χ0n) is 13.8. The van der Waals surface area contributed by atoms with E-state index in [2.05, 4.69) is 20.6 Å². The number of amides is 1. The van der Waals surface area contributed by atoms with E-state index in [9.17, 15) is 22.4 Å². The van der Waals surface area contributed by atoms with Crippen molar-refractivity contribution in [2.75, 3.05) is 10.6 Å². The SMILES string of the molecule is Cc1ccc(Nc2cccc(F)c2)c(C(=O)Nc2nc(C(F)(F)F)cs2)n1. The first kappa shape index (κ1) is 18.8. The van der Waals surface area contributed by atoms with E-state index < -0.39 is 23.6 Å². The summed E-state index contributed by atoms with van der Waals surface area (Å²) in [7, 11) is 0. The van der Waals surface area contributed by atoms with Gasteiger partial charge in [0.15, 0.2) is 16.5 Å². The van der Waals surface area contributed by atoms with Crippen LogP contribution in [0.3, 0.4) is 0 Å². The summed E-state index contributed by atoms with van der Waals surface area (Å²) in [5.41, 5.74) is 0.0563. The van der Waals surface area contributed by atoms with E-state index >= 15 is 0 Å². The van der Waals surface area contributed by atoms with E-state index in [0.29, 0.717) is 22.7 Å². The summed E-state index contributed by atoms with van der Waals surface area (Å²) >= 11 is 0.655. The van der Waals surface area contributed by atoms with E-state index in [4.69, 9.17) is 0 Å². The van der Waals surface area contributed by atoms with Gasteiger partial charge in [-0.2, -0.15) is 13.2 Å². The smallest absolute Gasteiger partial charge is 0.354 e. The summed E-state index contributed by atoms with van der Waals surface area (Å²) in [6, 6.07) is 8.81. The zero-order chi connectivity index (χ0) is 19.6. The lowest BCUT2D eigenvalue weighted by molar-refractivity contribution is -0.140. The molecule has 0 unspecified atom stereocenters. The van der Waals surface area contributed by atoms with Gasteiger partial charge < -0.3 is 5.32 Å². The Kier molecular flexibility index (Phi) is 5.08. The van der Waals surface area contributed by atoms with Gasteiger partial charge in [0, 0.05) is 16.8 Å². The summed E-state index contributed by atoms with van der Waals surface area (Å²) in [4.78, 5) is 20.0. The topological polar surface area (TPSA) is 66.9 Å². The number of benzene rings is 1. The molecule has 5 nitrogen and oxygen atoms in total. The Morgan fingerprint density at radius 3 is 2.59 bits per heavy atom. The average Bonchev–Trinajstić information content (AvgIpc) is 3.05. The van der Waals surface area contributed by atoms with Crippen molar-refractivity contribution in [2.45, 2.75) is 13.1 Å². The molecule has 0 atom stereocenters. The van der Waals surface area contributed by atoms with Crippen molar-refractivity contribution in [1.82, 2.24) is 9.97 Å². The molecule has 1 amide bonds. The molecule has 0 saturated heterocycles. The minimum atomic E-state index is -4.59. The third-order valence-corrected chi connectivity index (χ3v) is 4.13. The van der Waals surface area contributed by atoms with Crippen molar-refractivity contribution in [3.05, 3.63) is 64.7 Å². The van der Waals surface area contributed by atoms with Crippen LogP contribution in [0.5, 0.6) is 0 Å². The number of carbonyl (C=O) groups is 1. The third-order valence-electron chi connectivity index (χ3n) is 3.37. The average molecular weight is 396 g/mol. The number of thiazole rings is 1. The number of pyridine rings is 1. The van der Waals surface area contributed by atoms with Gasteiger partial charge in [0.1, 0.15) is 5.82 Å². The zero-order valence-corrected chi connectivity index (χ0v) is 14.6. The Morgan fingerprint density at radius 1 is 1.15 bits per heavy atom. The number of carbonyl (C=O) groups excluding carboxylic acids is 1. The van der Waals surface area contributed by atoms with Crippen LogP contribution in [0.1, 0.15) is 21.9 Å². The first-order chi connectivity index (χ1) is 12.7. The largest absolute Gasteiger partial charge is 0.434 e. The van der Waals surface area contributed by atoms with Crippen LogP contribution in [0, 0.1) is 12.7 Å². The molecular formula is C17H12F4N4OS. The van der Waals surface area contributed by atoms with Crippen molar-refractivity contribution in [2.24, 2.45) is 0 Å². The minimum absolute atomic E-state index is 0.0528. The number of aryl methyl sites for hydroxylation is 1. The second-order valence-electron chi connectivity index (χ2n) is 5.47. The van der Waals surface area contributed by atoms with Gasteiger partial charge in [-0.25, -0.2) is 14.4 Å². The van der Waals surface area contributed by atoms with E-state index in [-0.39, 0.29) is 16.5 Å². The van der Waals surface area contributed by atoms with Crippen molar-refractivity contribution < 1.29 is 22.4 Å². The van der Waals surface area contributed by atoms with E-state index in [1.54, 1.807) is 25.1 Å². The van der Waals surface area contributed by atoms with E-state index in [1.807, 2.05) is 0 Å². The Balaban J connectivity index is 1.85. The molecule has 0 fully saturated rings. The van der Waals surface area contributed by atoms with Gasteiger partial charge >= 0.3 is 6.18 Å². The number of nitrogens with one attached hydrogen (secondary N) is 2. The molecule has 2 N–H and O–H groups in total. The molecule has 0 aliphatic carbocycles. The molecule has 1 aromatic carbocycles. The Morgan fingerprint density at radius 2 is 1.93 bits per heavy atom. The van der Waals surface area contributed by atoms with Crippen molar-refractivity contribution in [1.29, 1.82) is 0 Å². The molecule has 2 heterocycles. The lowest BCUT2D eigenvalue weighted by Gasteiger charge is -2.11. The molecular weight excluding hydrogens is 384 g/mol. The maximum atomic E-state index is 13.3. The maximum Gasteiger partial charge on any atom is 0.434 e. The monoisotopic (exact) mass is 396 g/mol. The predicted octanol–water partition coefficient (Wildman–Crippen LogP) is 5.00. The summed E-state index contributed by atoms with van der Waals surface area (Å²) in [5.74, 6) is -1.20. The van der Waals surface area contributed by atoms with Gasteiger partial charge in [0.05, 0.1) is 5.69 Å². The maximum absolute atomic E-state index is 13.3. The number of aromatic nitrogens is 2. The molecule has 3 aromatic rings. The second-order valence-corrected chi connectivity index (χ2v) is 6.33. The molecule has 0 aliphatic heterocycles. The highest BCUT2D eigenvalue weighted by Crippen LogP contribution is 2.32. The molecule has 0 spiro atoms. The molecule has 10 heteroatoms. The highest BCUT2D eigenvalue weighted by Gasteiger charge is 2.34. The second kappa shape index (κ2) is 7.31. The number of rotatable bonds is 4. The van der Waals surface area contributed by atoms with Crippen LogP contribution in [0.25, 0.3) is 0 Å². The highest BCUT2D eigenvalue weighted by molar-refractivity contribution is 7.14. The van der Waals surface area contributed by atoms with Gasteiger partial charge in [-0.1, -0.05) is 6.07 Å². The van der Waals surface area contributed by atoms with Crippen LogP contribution in [-0.2, 0) is 6.18 Å². The number of hydrogen-bond donors (Lipinski definition) is 2. The van der Waals surface area contributed by atoms with Crippen molar-refractivity contribution in [3.8, 4) is 0 Å². The Hall–Kier alpha value is -3.01. The molecule has 0 radical (unpaired) electrons. The summed E-state index contributed by atoms with van der Waals surface area (Å²) in [6.07, 6.45) is -4.59. The van der Waals surface area contributed by atoms with Crippen LogP contribution >= 0.6 is 11.3 Å². The number of alkyl halides is 3. The fourth-order valence-electron chi connectivity index (χ4n) is 2.17. The molecule has 140 valence electrons. The van der Waals surface area contributed by atoms with Gasteiger partial charge in [-0.05, 0) is 37.3 Å². The van der Waals surface area contributed by atoms with E-state index in [0.717, 1.165) is 5.38 Å². The molecule has 0 aliphatic rings. The van der Waals surface area contributed by atoms with Gasteiger partial charge in [0.2, 0.25) is 0 Å². The number of anilines is 3. The van der Waals surface area contributed by atoms with Crippen LogP contribution in [0.2, 0.25) is 0 Å². The highest BCUT2D eigenvalue weighted by atomic mass is 32.1. The summed E-state index contributed by atoms with van der Waals surface area (Å²) in [5, 5.41) is 5.79. The lowest BCUT2D eigenvalue weighted by atomic mass is 10.2. The van der Waals surface area contributed by atoms with Crippen LogP contribution in [0.15, 0.2) is 41.8 Å². The fourth-order valence-corrected chi connectivity index (χ4v) is 2.88. The Labute approximate surface area is 155 Å². The first-order valence-corrected chi connectivity index (χ1v) is 8.44. The molecule has 0 bridgehead atoms. The molecule has 3 rings (SSSR count). The predicted molar refractivity (Wildman–Crippen MR) is 93.7 cm³/mol. The summed E-state index contributed by atoms with van der Waals surface area (Å²) in [6.45, 7) is 1.66. The number of nitrogens with zero attached hydrogens (tertiary/aromatic N) is 2. The van der Waals surface area contributed by atoms with Crippen LogP contribution in [-0.4, -0.2) is 15.9 Å².